The molecule has 0 fully saturated rings. The van der Waals surface area contributed by atoms with Gasteiger partial charge >= 0.3 is 0 Å². The van der Waals surface area contributed by atoms with Crippen molar-refractivity contribution in [2.24, 2.45) is 0 Å². The molecule has 1 aliphatic carbocycles. The molecule has 0 unspecified atom stereocenters. The van der Waals surface area contributed by atoms with Crippen LogP contribution in [0.2, 0.25) is 0 Å². The minimum atomic E-state index is 0. The summed E-state index contributed by atoms with van der Waals surface area (Å²) in [5, 5.41) is 19.6. The van der Waals surface area contributed by atoms with E-state index in [4.69, 9.17) is 4.98 Å². The van der Waals surface area contributed by atoms with Crippen molar-refractivity contribution in [1.29, 1.82) is 0 Å². The molecule has 7 heterocycles. The summed E-state index contributed by atoms with van der Waals surface area (Å²) in [6.45, 7) is 7.95. The maximum absolute atomic E-state index is 4.70. The average molecular weight is 1900 g/mol. The molecule has 0 saturated carbocycles. The van der Waals surface area contributed by atoms with Crippen LogP contribution in [0.1, 0.15) is 46.7 Å². The molecule has 0 spiro atoms. The fourth-order valence-corrected chi connectivity index (χ4v) is 12.1. The van der Waals surface area contributed by atoms with Gasteiger partial charge in [-0.25, -0.2) is 0 Å². The van der Waals surface area contributed by atoms with Crippen LogP contribution < -0.4 is 0 Å². The van der Waals surface area contributed by atoms with E-state index in [0.29, 0.717) is 0 Å². The van der Waals surface area contributed by atoms with E-state index in [0.717, 1.165) is 84.1 Å². The van der Waals surface area contributed by atoms with Crippen LogP contribution in [0.4, 0.5) is 0 Å². The summed E-state index contributed by atoms with van der Waals surface area (Å²) in [5.41, 5.74) is 14.5. The number of nitrogens with zero attached hydrogens (tertiary/aromatic N) is 7. The number of aryl methyl sites for hydroxylation is 6. The number of hydrogen-bond donors (Lipinski definition) is 0. The van der Waals surface area contributed by atoms with E-state index in [1.807, 2.05) is 76.7 Å². The molecular formula is C81H59Ir4N7-4. The number of pyridine rings is 7. The Kier molecular flexibility index (Phi) is 21.7. The van der Waals surface area contributed by atoms with Crippen molar-refractivity contribution in [3.8, 4) is 45.2 Å². The maximum atomic E-state index is 4.70. The Hall–Kier alpha value is -8.29. The number of rotatable bonds is 4. The zero-order chi connectivity index (χ0) is 59.5. The number of hydrogen-bond acceptors (Lipinski definition) is 7. The molecule has 16 aromatic rings. The van der Waals surface area contributed by atoms with Gasteiger partial charge in [-0.05, 0) is 164 Å². The quantitative estimate of drug-likeness (QED) is 0.128. The van der Waals surface area contributed by atoms with Gasteiger partial charge in [0, 0.05) is 105 Å². The van der Waals surface area contributed by atoms with Crippen LogP contribution in [0.15, 0.2) is 237 Å². The van der Waals surface area contributed by atoms with E-state index in [-0.39, 0.29) is 80.4 Å². The van der Waals surface area contributed by atoms with Crippen LogP contribution in [0.3, 0.4) is 0 Å². The predicted molar refractivity (Wildman–Crippen MR) is 363 cm³/mol. The molecule has 9 aromatic carbocycles. The first-order valence-electron chi connectivity index (χ1n) is 29.9. The van der Waals surface area contributed by atoms with Crippen LogP contribution >= 0.6 is 0 Å². The minimum absolute atomic E-state index is 0. The van der Waals surface area contributed by atoms with Crippen molar-refractivity contribution in [2.45, 2.75) is 53.4 Å². The summed E-state index contributed by atoms with van der Waals surface area (Å²) >= 11 is 0. The molecule has 1 aliphatic rings. The predicted octanol–water partition coefficient (Wildman–Crippen LogP) is 19.7. The van der Waals surface area contributed by atoms with Gasteiger partial charge in [-0.3, -0.25) is 9.97 Å². The molecule has 0 bridgehead atoms. The second kappa shape index (κ2) is 30.0. The zero-order valence-electron chi connectivity index (χ0n) is 50.8. The maximum Gasteiger partial charge on any atom is 0.0239 e. The number of aromatic nitrogens is 7. The van der Waals surface area contributed by atoms with Crippen molar-refractivity contribution in [3.63, 3.8) is 0 Å². The van der Waals surface area contributed by atoms with Crippen LogP contribution in [-0.4, -0.2) is 34.9 Å². The minimum Gasteiger partial charge on any atom is -0.354 e. The Balaban J connectivity index is 0.000000133. The molecule has 7 aromatic heterocycles. The molecule has 0 atom stereocenters. The number of benzene rings is 9. The standard InChI is InChI=1S/C23H18N.C20H15N2.2C19H13N2.4Ir/c1-2-7-18-13-19(11-9-16(18)5-1)23-14-22-20(15-24-23)12-10-17-6-3-4-8-21(17)22;1-13-7-10-17(14(2)22-13)20-11-19-16(12-21-20)9-8-15-5-3-4-6-18(15)19;1-13-5-4-8-18(21-13)19-11-17-15(12-20-19)10-9-14-6-2-3-7-16(14)17;1-13-10-15(8-9-20-13)19-11-18-16(12-21-19)7-6-14-4-2-3-5-17(14)18;;;;/h3-4,6,8-10,12-15H,1-2,5,7H2;3-9,11-12H,1-2H3;2*2-7,9-12H,1H3;;;;/q4*-1;;;;. The van der Waals surface area contributed by atoms with Gasteiger partial charge < -0.3 is 24.9 Å². The van der Waals surface area contributed by atoms with Crippen LogP contribution in [0.5, 0.6) is 0 Å². The van der Waals surface area contributed by atoms with E-state index in [1.54, 1.807) is 6.20 Å². The zero-order valence-corrected chi connectivity index (χ0v) is 60.4. The Morgan fingerprint density at radius 2 is 0.739 bits per heavy atom. The Labute approximate surface area is 590 Å². The second-order valence-corrected chi connectivity index (χ2v) is 22.6. The topological polar surface area (TPSA) is 90.2 Å². The van der Waals surface area contributed by atoms with Crippen molar-refractivity contribution in [1.82, 2.24) is 34.9 Å². The average Bonchev–Trinajstić information content (AvgIpc) is 0.839. The molecule has 4 radical (unpaired) electrons. The van der Waals surface area contributed by atoms with Crippen molar-refractivity contribution < 1.29 is 80.4 Å². The summed E-state index contributed by atoms with van der Waals surface area (Å²) in [6.07, 6.45) is 14.5. The Morgan fingerprint density at radius 1 is 0.315 bits per heavy atom. The Morgan fingerprint density at radius 3 is 1.22 bits per heavy atom. The van der Waals surface area contributed by atoms with Gasteiger partial charge in [0.25, 0.3) is 0 Å². The third kappa shape index (κ3) is 14.3. The van der Waals surface area contributed by atoms with E-state index >= 15 is 0 Å². The largest absolute Gasteiger partial charge is 0.354 e. The smallest absolute Gasteiger partial charge is 0.0239 e. The van der Waals surface area contributed by atoms with E-state index in [9.17, 15) is 0 Å². The normalized spacial score (nSPS) is 11.4. The molecule has 92 heavy (non-hydrogen) atoms. The van der Waals surface area contributed by atoms with Crippen LogP contribution in [-0.2, 0) is 93.3 Å². The molecule has 0 N–H and O–H groups in total. The van der Waals surface area contributed by atoms with Gasteiger partial charge in [-0.15, -0.1) is 64.7 Å². The first-order chi connectivity index (χ1) is 43.2. The third-order valence-corrected chi connectivity index (χ3v) is 16.6. The van der Waals surface area contributed by atoms with Gasteiger partial charge in [-0.2, -0.15) is 23.8 Å². The fraction of sp³-hybridized carbons (Fsp3) is 0.0988. The first-order valence-corrected chi connectivity index (χ1v) is 29.9. The summed E-state index contributed by atoms with van der Waals surface area (Å²) in [6, 6.07) is 84.9. The van der Waals surface area contributed by atoms with Crippen molar-refractivity contribution in [2.75, 3.05) is 0 Å². The monoisotopic (exact) mass is 1900 g/mol. The molecule has 0 saturated heterocycles. The molecule has 458 valence electrons. The SMILES string of the molecule is Cc1c[c-]c(-c2cc3c(ccc4ccccc43)cn2)c(C)n1.Cc1cc(-c2cc3c(ccc4ccccc43)cn2)[c-]cn1.Cc1cc[c-]c(-c2cc3c(ccc4ccccc43)cn2)n1.[Ir].[Ir].[Ir].[Ir].[c-]1cc2c(cc1-c1cc3c(ccc4ccccc43)cn1)CCCC2. The van der Waals surface area contributed by atoms with Crippen molar-refractivity contribution >= 4 is 86.2 Å². The number of fused-ring (bicyclic) bond motifs is 13. The van der Waals surface area contributed by atoms with Gasteiger partial charge in [0.05, 0.1) is 0 Å². The van der Waals surface area contributed by atoms with Crippen LogP contribution in [0.25, 0.3) is 131 Å². The van der Waals surface area contributed by atoms with Gasteiger partial charge in [0.15, 0.2) is 0 Å². The second-order valence-electron chi connectivity index (χ2n) is 22.6. The van der Waals surface area contributed by atoms with Gasteiger partial charge in [-0.1, -0.05) is 203 Å². The molecule has 7 nitrogen and oxygen atoms in total. The van der Waals surface area contributed by atoms with Gasteiger partial charge in [0.2, 0.25) is 0 Å². The van der Waals surface area contributed by atoms with E-state index in [1.165, 1.54) is 107 Å². The fourth-order valence-electron chi connectivity index (χ4n) is 12.1. The van der Waals surface area contributed by atoms with E-state index < -0.39 is 0 Å². The van der Waals surface area contributed by atoms with Crippen molar-refractivity contribution in [3.05, 3.63) is 295 Å². The summed E-state index contributed by atoms with van der Waals surface area (Å²) in [5.74, 6) is 0. The van der Waals surface area contributed by atoms with Gasteiger partial charge in [0.1, 0.15) is 0 Å². The molecule has 17 rings (SSSR count). The first kappa shape index (κ1) is 66.6. The van der Waals surface area contributed by atoms with Crippen LogP contribution in [0, 0.1) is 52.0 Å². The summed E-state index contributed by atoms with van der Waals surface area (Å²) in [4.78, 5) is 31.6. The molecule has 0 amide bonds. The molecule has 0 aliphatic heterocycles. The summed E-state index contributed by atoms with van der Waals surface area (Å²) < 4.78 is 0. The molecule has 11 heteroatoms. The third-order valence-electron chi connectivity index (χ3n) is 16.6. The Bertz CT molecular complexity index is 5170. The van der Waals surface area contributed by atoms with E-state index in [2.05, 4.69) is 236 Å². The molecular weight excluding hydrogens is 1840 g/mol. The summed E-state index contributed by atoms with van der Waals surface area (Å²) in [7, 11) is 0.